The first-order chi connectivity index (χ1) is 25.7. The number of oxazole rings is 1. The minimum absolute atomic E-state index is 0.614. The normalized spacial score (nSPS) is 11.5. The molecule has 3 aromatic heterocycles. The van der Waals surface area contributed by atoms with Gasteiger partial charge in [0, 0.05) is 42.4 Å². The molecule has 7 aromatic carbocycles. The molecule has 5 nitrogen and oxygen atoms in total. The molecule has 0 bridgehead atoms. The largest absolute Gasteiger partial charge is 0.436 e. The highest BCUT2D eigenvalue weighted by Gasteiger charge is 2.19. The fourth-order valence-corrected chi connectivity index (χ4v) is 8.01. The standard InChI is InChI=1S/C46H28N4OS/c1-4-13-29(14-5-1)33-25-34(30-15-6-2-7-16-30)27-35(26-33)44-48-43(31-17-8-3-9-18-31)49-45(50-44)37-19-12-22-40-42(37)36-24-23-32(28-41(36)52-40)46-47-38-20-10-11-21-39(38)51-46/h1-28H. The lowest BCUT2D eigenvalue weighted by Gasteiger charge is -2.13. The number of hydrogen-bond donors (Lipinski definition) is 0. The van der Waals surface area contributed by atoms with E-state index in [9.17, 15) is 0 Å². The van der Waals surface area contributed by atoms with E-state index in [1.54, 1.807) is 11.3 Å². The highest BCUT2D eigenvalue weighted by Crippen LogP contribution is 2.42. The summed E-state index contributed by atoms with van der Waals surface area (Å²) < 4.78 is 8.42. The van der Waals surface area contributed by atoms with Crippen LogP contribution in [0.25, 0.3) is 99.1 Å². The first-order valence-electron chi connectivity index (χ1n) is 17.1. The topological polar surface area (TPSA) is 64.7 Å². The Kier molecular flexibility index (Phi) is 7.25. The molecule has 0 N–H and O–H groups in total. The van der Waals surface area contributed by atoms with Crippen LogP contribution in [0.3, 0.4) is 0 Å². The van der Waals surface area contributed by atoms with E-state index in [0.717, 1.165) is 75.8 Å². The Morgan fingerprint density at radius 3 is 1.67 bits per heavy atom. The van der Waals surface area contributed by atoms with Crippen molar-refractivity contribution in [3.05, 3.63) is 170 Å². The molecule has 52 heavy (non-hydrogen) atoms. The molecule has 10 aromatic rings. The van der Waals surface area contributed by atoms with E-state index in [-0.39, 0.29) is 0 Å². The van der Waals surface area contributed by atoms with Gasteiger partial charge in [-0.3, -0.25) is 0 Å². The summed E-state index contributed by atoms with van der Waals surface area (Å²) in [5, 5.41) is 2.25. The quantitative estimate of drug-likeness (QED) is 0.174. The van der Waals surface area contributed by atoms with Crippen LogP contribution in [0.5, 0.6) is 0 Å². The number of rotatable bonds is 6. The lowest BCUT2D eigenvalue weighted by atomic mass is 9.96. The summed E-state index contributed by atoms with van der Waals surface area (Å²) >= 11 is 1.75. The third-order valence-electron chi connectivity index (χ3n) is 9.35. The van der Waals surface area contributed by atoms with Crippen molar-refractivity contribution in [3.8, 4) is 67.9 Å². The minimum atomic E-state index is 0.614. The third kappa shape index (κ3) is 5.43. The molecule has 244 valence electrons. The Balaban J connectivity index is 1.17. The summed E-state index contributed by atoms with van der Waals surface area (Å²) in [4.78, 5) is 20.3. The van der Waals surface area contributed by atoms with Crippen molar-refractivity contribution < 1.29 is 4.42 Å². The highest BCUT2D eigenvalue weighted by atomic mass is 32.1. The Morgan fingerprint density at radius 1 is 0.385 bits per heavy atom. The molecule has 0 saturated heterocycles. The first kappa shape index (κ1) is 30.1. The second kappa shape index (κ2) is 12.5. The number of thiophene rings is 1. The van der Waals surface area contributed by atoms with Gasteiger partial charge in [-0.15, -0.1) is 11.3 Å². The van der Waals surface area contributed by atoms with Crippen molar-refractivity contribution in [2.24, 2.45) is 0 Å². The molecule has 0 aliphatic heterocycles. The van der Waals surface area contributed by atoms with Gasteiger partial charge >= 0.3 is 0 Å². The highest BCUT2D eigenvalue weighted by molar-refractivity contribution is 7.26. The van der Waals surface area contributed by atoms with Crippen LogP contribution >= 0.6 is 11.3 Å². The molecule has 6 heteroatoms. The number of hydrogen-bond acceptors (Lipinski definition) is 6. The van der Waals surface area contributed by atoms with Gasteiger partial charge in [0.2, 0.25) is 5.89 Å². The molecule has 0 amide bonds. The zero-order valence-corrected chi connectivity index (χ0v) is 28.6. The molecule has 0 unspecified atom stereocenters. The van der Waals surface area contributed by atoms with E-state index in [2.05, 4.69) is 103 Å². The van der Waals surface area contributed by atoms with E-state index in [1.165, 1.54) is 0 Å². The number of nitrogens with zero attached hydrogens (tertiary/aromatic N) is 4. The zero-order valence-electron chi connectivity index (χ0n) is 27.8. The van der Waals surface area contributed by atoms with Crippen LogP contribution in [0.2, 0.25) is 0 Å². The first-order valence-corrected chi connectivity index (χ1v) is 17.9. The number of aromatic nitrogens is 4. The zero-order chi connectivity index (χ0) is 34.4. The Labute approximate surface area is 303 Å². The van der Waals surface area contributed by atoms with Crippen LogP contribution in [-0.4, -0.2) is 19.9 Å². The maximum Gasteiger partial charge on any atom is 0.227 e. The number of para-hydroxylation sites is 2. The summed E-state index contributed by atoms with van der Waals surface area (Å²) in [6, 6.07) is 58.3. The van der Waals surface area contributed by atoms with E-state index in [1.807, 2.05) is 66.7 Å². The van der Waals surface area contributed by atoms with Gasteiger partial charge in [0.05, 0.1) is 0 Å². The fourth-order valence-electron chi connectivity index (χ4n) is 6.83. The minimum Gasteiger partial charge on any atom is -0.436 e. The molecular weight excluding hydrogens is 657 g/mol. The van der Waals surface area contributed by atoms with Gasteiger partial charge in [-0.2, -0.15) is 0 Å². The predicted octanol–water partition coefficient (Wildman–Crippen LogP) is 12.4. The van der Waals surface area contributed by atoms with Gasteiger partial charge in [-0.25, -0.2) is 19.9 Å². The molecule has 10 rings (SSSR count). The van der Waals surface area contributed by atoms with Crippen molar-refractivity contribution in [3.63, 3.8) is 0 Å². The van der Waals surface area contributed by atoms with Crippen LogP contribution in [0, 0.1) is 0 Å². The molecule has 0 atom stereocenters. The van der Waals surface area contributed by atoms with Gasteiger partial charge in [-0.05, 0) is 70.8 Å². The summed E-state index contributed by atoms with van der Waals surface area (Å²) in [6.07, 6.45) is 0. The van der Waals surface area contributed by atoms with Gasteiger partial charge in [0.25, 0.3) is 0 Å². The van der Waals surface area contributed by atoms with Crippen molar-refractivity contribution in [2.45, 2.75) is 0 Å². The Bertz CT molecular complexity index is 2810. The van der Waals surface area contributed by atoms with Crippen LogP contribution in [0.4, 0.5) is 0 Å². The van der Waals surface area contributed by atoms with Gasteiger partial charge in [0.1, 0.15) is 5.52 Å². The Morgan fingerprint density at radius 2 is 0.981 bits per heavy atom. The second-order valence-corrected chi connectivity index (χ2v) is 13.8. The smallest absolute Gasteiger partial charge is 0.227 e. The lowest BCUT2D eigenvalue weighted by Crippen LogP contribution is -2.01. The molecule has 0 fully saturated rings. The number of benzene rings is 7. The van der Waals surface area contributed by atoms with Crippen molar-refractivity contribution >= 4 is 42.6 Å². The molecule has 0 aliphatic carbocycles. The SMILES string of the molecule is c1ccc(-c2cc(-c3ccccc3)cc(-c3nc(-c4ccccc4)nc(-c4cccc5sc6cc(-c7nc8ccccc8o7)ccc6c45)n3)c2)cc1. The molecule has 0 saturated carbocycles. The molecule has 3 heterocycles. The average molecular weight is 685 g/mol. The van der Waals surface area contributed by atoms with Crippen molar-refractivity contribution in [2.75, 3.05) is 0 Å². The van der Waals surface area contributed by atoms with Gasteiger partial charge in [0.15, 0.2) is 23.1 Å². The molecular formula is C46H28N4OS. The lowest BCUT2D eigenvalue weighted by molar-refractivity contribution is 0.620. The van der Waals surface area contributed by atoms with Crippen molar-refractivity contribution in [1.29, 1.82) is 0 Å². The second-order valence-electron chi connectivity index (χ2n) is 12.7. The fraction of sp³-hybridized carbons (Fsp3) is 0. The van der Waals surface area contributed by atoms with Gasteiger partial charge in [-0.1, -0.05) is 121 Å². The van der Waals surface area contributed by atoms with E-state index < -0.39 is 0 Å². The summed E-state index contributed by atoms with van der Waals surface area (Å²) in [5.74, 6) is 2.49. The Hall–Kier alpha value is -6.76. The van der Waals surface area contributed by atoms with Crippen molar-refractivity contribution in [1.82, 2.24) is 19.9 Å². The van der Waals surface area contributed by atoms with Crippen LogP contribution in [0.1, 0.15) is 0 Å². The maximum absolute atomic E-state index is 6.12. The molecule has 0 radical (unpaired) electrons. The predicted molar refractivity (Wildman–Crippen MR) is 213 cm³/mol. The van der Waals surface area contributed by atoms with E-state index >= 15 is 0 Å². The summed E-state index contributed by atoms with van der Waals surface area (Å²) in [5.41, 5.74) is 9.84. The van der Waals surface area contributed by atoms with Gasteiger partial charge < -0.3 is 4.42 Å². The summed E-state index contributed by atoms with van der Waals surface area (Å²) in [7, 11) is 0. The van der Waals surface area contributed by atoms with Crippen LogP contribution in [-0.2, 0) is 0 Å². The maximum atomic E-state index is 6.12. The summed E-state index contributed by atoms with van der Waals surface area (Å²) in [6.45, 7) is 0. The van der Waals surface area contributed by atoms with E-state index in [0.29, 0.717) is 23.4 Å². The number of fused-ring (bicyclic) bond motifs is 4. The average Bonchev–Trinajstić information content (AvgIpc) is 3.83. The van der Waals surface area contributed by atoms with Crippen LogP contribution in [0.15, 0.2) is 174 Å². The van der Waals surface area contributed by atoms with E-state index in [4.69, 9.17) is 24.4 Å². The molecule has 0 aliphatic rings. The molecule has 0 spiro atoms. The monoisotopic (exact) mass is 684 g/mol. The third-order valence-corrected chi connectivity index (χ3v) is 10.5. The van der Waals surface area contributed by atoms with Crippen LogP contribution < -0.4 is 0 Å².